The Balaban J connectivity index is 1.45. The van der Waals surface area contributed by atoms with Crippen LogP contribution in [-0.2, 0) is 22.6 Å². The third-order valence-electron chi connectivity index (χ3n) is 5.39. The van der Waals surface area contributed by atoms with Crippen molar-refractivity contribution >= 4 is 5.91 Å². The second-order valence-corrected chi connectivity index (χ2v) is 7.66. The first-order chi connectivity index (χ1) is 12.7. The van der Waals surface area contributed by atoms with Gasteiger partial charge in [-0.05, 0) is 11.1 Å². The fraction of sp³-hybridized carbons (Fsp3) is 0.409. The zero-order valence-electron chi connectivity index (χ0n) is 15.1. The number of hydrogen-bond donors (Lipinski definition) is 0. The standard InChI is InChI=1S/C22H26N2O2/c25-21-13-22(17-24(21)15-20-9-5-2-6-10-20)16-23(11-12-26-18-22)14-19-7-3-1-4-8-19/h1-10H,11-18H2/t22-/m1/s1. The van der Waals surface area contributed by atoms with E-state index >= 15 is 0 Å². The van der Waals surface area contributed by atoms with Gasteiger partial charge in [0.1, 0.15) is 0 Å². The normalized spacial score (nSPS) is 24.2. The number of benzene rings is 2. The summed E-state index contributed by atoms with van der Waals surface area (Å²) in [5.74, 6) is 0.249. The van der Waals surface area contributed by atoms with E-state index in [-0.39, 0.29) is 11.3 Å². The van der Waals surface area contributed by atoms with E-state index in [1.807, 2.05) is 29.2 Å². The quantitative estimate of drug-likeness (QED) is 0.850. The average molecular weight is 350 g/mol. The first-order valence-corrected chi connectivity index (χ1v) is 9.38. The highest BCUT2D eigenvalue weighted by molar-refractivity contribution is 5.79. The molecule has 1 atom stereocenters. The summed E-state index contributed by atoms with van der Waals surface area (Å²) in [5, 5.41) is 0. The Bertz CT molecular complexity index is 734. The van der Waals surface area contributed by atoms with E-state index in [9.17, 15) is 4.79 Å². The van der Waals surface area contributed by atoms with Gasteiger partial charge >= 0.3 is 0 Å². The fourth-order valence-corrected chi connectivity index (χ4v) is 4.19. The van der Waals surface area contributed by atoms with Crippen LogP contribution >= 0.6 is 0 Å². The molecular formula is C22H26N2O2. The monoisotopic (exact) mass is 350 g/mol. The van der Waals surface area contributed by atoms with E-state index in [2.05, 4.69) is 41.3 Å². The highest BCUT2D eigenvalue weighted by Gasteiger charge is 2.45. The van der Waals surface area contributed by atoms with Gasteiger partial charge in [0.25, 0.3) is 0 Å². The van der Waals surface area contributed by atoms with Crippen molar-refractivity contribution in [1.29, 1.82) is 0 Å². The van der Waals surface area contributed by atoms with Gasteiger partial charge < -0.3 is 9.64 Å². The predicted octanol–water partition coefficient (Wildman–Crippen LogP) is 2.94. The molecule has 4 heteroatoms. The largest absolute Gasteiger partial charge is 0.379 e. The number of rotatable bonds is 4. The first-order valence-electron chi connectivity index (χ1n) is 9.38. The van der Waals surface area contributed by atoms with Gasteiger partial charge in [0.2, 0.25) is 5.91 Å². The number of carbonyl (C=O) groups excluding carboxylic acids is 1. The zero-order valence-corrected chi connectivity index (χ0v) is 15.1. The molecule has 136 valence electrons. The molecule has 0 N–H and O–H groups in total. The van der Waals surface area contributed by atoms with Crippen molar-refractivity contribution in [2.45, 2.75) is 19.5 Å². The van der Waals surface area contributed by atoms with Crippen molar-refractivity contribution < 1.29 is 9.53 Å². The molecule has 26 heavy (non-hydrogen) atoms. The lowest BCUT2D eigenvalue weighted by Gasteiger charge is -2.31. The molecule has 2 aromatic carbocycles. The topological polar surface area (TPSA) is 32.8 Å². The van der Waals surface area contributed by atoms with Gasteiger partial charge in [-0.15, -0.1) is 0 Å². The summed E-state index contributed by atoms with van der Waals surface area (Å²) in [6, 6.07) is 20.8. The number of amides is 1. The smallest absolute Gasteiger partial charge is 0.223 e. The molecule has 1 amide bonds. The highest BCUT2D eigenvalue weighted by atomic mass is 16.5. The molecule has 0 aromatic heterocycles. The zero-order chi connectivity index (χ0) is 17.8. The molecule has 2 aromatic rings. The lowest BCUT2D eigenvalue weighted by atomic mass is 9.87. The number of likely N-dealkylation sites (tertiary alicyclic amines) is 1. The summed E-state index contributed by atoms with van der Waals surface area (Å²) in [5.41, 5.74) is 2.42. The van der Waals surface area contributed by atoms with Crippen molar-refractivity contribution in [2.24, 2.45) is 5.41 Å². The first kappa shape index (κ1) is 17.3. The Kier molecular flexibility index (Phi) is 5.05. The number of nitrogens with zero attached hydrogens (tertiary/aromatic N) is 2. The third kappa shape index (κ3) is 3.97. The minimum atomic E-state index is -0.0862. The van der Waals surface area contributed by atoms with Gasteiger partial charge in [-0.25, -0.2) is 0 Å². The van der Waals surface area contributed by atoms with Crippen LogP contribution in [0.5, 0.6) is 0 Å². The van der Waals surface area contributed by atoms with E-state index in [0.29, 0.717) is 19.6 Å². The van der Waals surface area contributed by atoms with Gasteiger partial charge in [-0.3, -0.25) is 9.69 Å². The van der Waals surface area contributed by atoms with Gasteiger partial charge in [-0.1, -0.05) is 60.7 Å². The van der Waals surface area contributed by atoms with Crippen LogP contribution in [0.4, 0.5) is 0 Å². The minimum Gasteiger partial charge on any atom is -0.379 e. The molecule has 2 aliphatic heterocycles. The van der Waals surface area contributed by atoms with Gasteiger partial charge in [0, 0.05) is 44.6 Å². The van der Waals surface area contributed by atoms with Crippen LogP contribution in [0.15, 0.2) is 60.7 Å². The minimum absolute atomic E-state index is 0.0862. The number of carbonyl (C=O) groups is 1. The Labute approximate surface area is 155 Å². The summed E-state index contributed by atoms with van der Waals surface area (Å²) in [6.45, 7) is 5.64. The molecule has 4 nitrogen and oxygen atoms in total. The van der Waals surface area contributed by atoms with Gasteiger partial charge in [-0.2, -0.15) is 0 Å². The summed E-state index contributed by atoms with van der Waals surface area (Å²) < 4.78 is 5.93. The molecule has 2 aliphatic rings. The summed E-state index contributed by atoms with van der Waals surface area (Å²) in [6.07, 6.45) is 0.588. The predicted molar refractivity (Wildman–Crippen MR) is 101 cm³/mol. The summed E-state index contributed by atoms with van der Waals surface area (Å²) >= 11 is 0. The Morgan fingerprint density at radius 2 is 1.54 bits per heavy atom. The maximum Gasteiger partial charge on any atom is 0.223 e. The Morgan fingerprint density at radius 3 is 2.23 bits per heavy atom. The second kappa shape index (κ2) is 7.60. The fourth-order valence-electron chi connectivity index (χ4n) is 4.19. The van der Waals surface area contributed by atoms with E-state index in [4.69, 9.17) is 4.74 Å². The lowest BCUT2D eigenvalue weighted by molar-refractivity contribution is -0.128. The van der Waals surface area contributed by atoms with Crippen LogP contribution in [0.3, 0.4) is 0 Å². The summed E-state index contributed by atoms with van der Waals surface area (Å²) in [7, 11) is 0. The molecule has 2 fully saturated rings. The van der Waals surface area contributed by atoms with Gasteiger partial charge in [0.15, 0.2) is 0 Å². The molecular weight excluding hydrogens is 324 g/mol. The molecule has 1 spiro atoms. The Hall–Kier alpha value is -2.17. The Morgan fingerprint density at radius 1 is 0.885 bits per heavy atom. The maximum absolute atomic E-state index is 12.7. The third-order valence-corrected chi connectivity index (χ3v) is 5.39. The highest BCUT2D eigenvalue weighted by Crippen LogP contribution is 2.35. The van der Waals surface area contributed by atoms with Gasteiger partial charge in [0.05, 0.1) is 13.2 Å². The second-order valence-electron chi connectivity index (χ2n) is 7.66. The SMILES string of the molecule is O=C1C[C@]2(COCCN(Cc3ccccc3)C2)CN1Cc1ccccc1. The molecule has 0 saturated carbocycles. The van der Waals surface area contributed by atoms with Crippen molar-refractivity contribution in [3.05, 3.63) is 71.8 Å². The van der Waals surface area contributed by atoms with Crippen LogP contribution < -0.4 is 0 Å². The van der Waals surface area contributed by atoms with E-state index in [0.717, 1.165) is 32.8 Å². The molecule has 2 heterocycles. The molecule has 4 rings (SSSR count). The van der Waals surface area contributed by atoms with E-state index < -0.39 is 0 Å². The lowest BCUT2D eigenvalue weighted by Crippen LogP contribution is -2.40. The average Bonchev–Trinajstić information content (AvgIpc) is 2.83. The van der Waals surface area contributed by atoms with Crippen molar-refractivity contribution in [1.82, 2.24) is 9.80 Å². The van der Waals surface area contributed by atoms with Crippen molar-refractivity contribution in [2.75, 3.05) is 32.8 Å². The maximum atomic E-state index is 12.7. The van der Waals surface area contributed by atoms with Crippen molar-refractivity contribution in [3.8, 4) is 0 Å². The molecule has 0 unspecified atom stereocenters. The van der Waals surface area contributed by atoms with Crippen LogP contribution in [0, 0.1) is 5.41 Å². The molecule has 0 bridgehead atoms. The molecule has 0 radical (unpaired) electrons. The van der Waals surface area contributed by atoms with E-state index in [1.165, 1.54) is 11.1 Å². The van der Waals surface area contributed by atoms with E-state index in [1.54, 1.807) is 0 Å². The van der Waals surface area contributed by atoms with Crippen molar-refractivity contribution in [3.63, 3.8) is 0 Å². The number of hydrogen-bond acceptors (Lipinski definition) is 3. The van der Waals surface area contributed by atoms with Crippen LogP contribution in [-0.4, -0.2) is 48.6 Å². The summed E-state index contributed by atoms with van der Waals surface area (Å²) in [4.78, 5) is 17.1. The van der Waals surface area contributed by atoms with Crippen LogP contribution in [0.2, 0.25) is 0 Å². The van der Waals surface area contributed by atoms with Crippen LogP contribution in [0.25, 0.3) is 0 Å². The molecule has 2 saturated heterocycles. The molecule has 0 aliphatic carbocycles. The number of ether oxygens (including phenoxy) is 1. The van der Waals surface area contributed by atoms with Crippen LogP contribution in [0.1, 0.15) is 17.5 Å².